The minimum absolute atomic E-state index is 0.0488. The van der Waals surface area contributed by atoms with Gasteiger partial charge in [-0.05, 0) is 64.2 Å². The number of halogens is 1. The Kier molecular flexibility index (Phi) is 7.87. The van der Waals surface area contributed by atoms with Crippen molar-refractivity contribution < 1.29 is 19.1 Å². The maximum Gasteiger partial charge on any atom is 0.254 e. The lowest BCUT2D eigenvalue weighted by Crippen LogP contribution is -2.55. The van der Waals surface area contributed by atoms with Crippen LogP contribution < -0.4 is 4.74 Å². The summed E-state index contributed by atoms with van der Waals surface area (Å²) < 4.78 is 11.6. The molecule has 0 unspecified atom stereocenters. The quantitative estimate of drug-likeness (QED) is 0.626. The zero-order valence-corrected chi connectivity index (χ0v) is 19.7. The fourth-order valence-electron chi connectivity index (χ4n) is 4.53. The second kappa shape index (κ2) is 10.2. The number of rotatable bonds is 7. The van der Waals surface area contributed by atoms with Gasteiger partial charge in [0.2, 0.25) is 5.91 Å². The lowest BCUT2D eigenvalue weighted by Gasteiger charge is -2.45. The van der Waals surface area contributed by atoms with Crippen molar-refractivity contribution in [2.24, 2.45) is 5.41 Å². The molecule has 1 aromatic rings. The summed E-state index contributed by atoms with van der Waals surface area (Å²) in [5, 5.41) is 0.609. The van der Waals surface area contributed by atoms with Crippen molar-refractivity contribution in [1.82, 2.24) is 9.80 Å². The highest BCUT2D eigenvalue weighted by Crippen LogP contribution is 2.36. The van der Waals surface area contributed by atoms with Crippen LogP contribution in [-0.4, -0.2) is 67.1 Å². The van der Waals surface area contributed by atoms with Crippen molar-refractivity contribution in [3.8, 4) is 5.75 Å². The predicted octanol–water partition coefficient (Wildman–Crippen LogP) is 4.16. The molecule has 2 saturated heterocycles. The lowest BCUT2D eigenvalue weighted by molar-refractivity contribution is -0.156. The van der Waals surface area contributed by atoms with E-state index in [4.69, 9.17) is 21.1 Å². The first kappa shape index (κ1) is 23.9. The first-order chi connectivity index (χ1) is 14.7. The van der Waals surface area contributed by atoms with Crippen LogP contribution in [0.2, 0.25) is 5.02 Å². The smallest absolute Gasteiger partial charge is 0.254 e. The summed E-state index contributed by atoms with van der Waals surface area (Å²) >= 11 is 6.11. The number of hydrogen-bond acceptors (Lipinski definition) is 4. The van der Waals surface area contributed by atoms with Gasteiger partial charge in [0.25, 0.3) is 5.91 Å². The van der Waals surface area contributed by atoms with Gasteiger partial charge in [-0.1, -0.05) is 17.7 Å². The van der Waals surface area contributed by atoms with Crippen molar-refractivity contribution in [2.75, 3.05) is 39.9 Å². The van der Waals surface area contributed by atoms with E-state index >= 15 is 0 Å². The molecule has 1 aromatic carbocycles. The zero-order chi connectivity index (χ0) is 22.5. The third-order valence-electron chi connectivity index (χ3n) is 6.55. The number of methoxy groups -OCH3 is 1. The normalized spacial score (nSPS) is 22.3. The number of carbonyl (C=O) groups is 2. The third kappa shape index (κ3) is 6.13. The van der Waals surface area contributed by atoms with Crippen LogP contribution in [0.4, 0.5) is 0 Å². The van der Waals surface area contributed by atoms with Crippen LogP contribution in [0.25, 0.3) is 0 Å². The Bertz CT molecular complexity index is 779. The Balaban J connectivity index is 1.78. The molecule has 0 N–H and O–H groups in total. The molecule has 0 saturated carbocycles. The molecule has 6 nitrogen and oxygen atoms in total. The highest BCUT2D eigenvalue weighted by atomic mass is 35.5. The van der Waals surface area contributed by atoms with E-state index < -0.39 is 11.0 Å². The average molecular weight is 451 g/mol. The monoisotopic (exact) mass is 450 g/mol. The number of hydrogen-bond donors (Lipinski definition) is 0. The van der Waals surface area contributed by atoms with Crippen molar-refractivity contribution in [1.29, 1.82) is 0 Å². The fourth-order valence-corrected chi connectivity index (χ4v) is 4.71. The van der Waals surface area contributed by atoms with Gasteiger partial charge in [0.05, 0.1) is 6.61 Å². The molecular formula is C24H35ClN2O4. The summed E-state index contributed by atoms with van der Waals surface area (Å²) in [6.07, 6.45) is 5.35. The predicted molar refractivity (Wildman–Crippen MR) is 121 cm³/mol. The topological polar surface area (TPSA) is 59.1 Å². The number of nitrogens with zero attached hydrogens (tertiary/aromatic N) is 2. The second-order valence-electron chi connectivity index (χ2n) is 9.41. The highest BCUT2D eigenvalue weighted by Gasteiger charge is 2.43. The highest BCUT2D eigenvalue weighted by molar-refractivity contribution is 6.30. The van der Waals surface area contributed by atoms with Gasteiger partial charge >= 0.3 is 0 Å². The van der Waals surface area contributed by atoms with Gasteiger partial charge in [-0.3, -0.25) is 9.59 Å². The van der Waals surface area contributed by atoms with Crippen molar-refractivity contribution in [2.45, 2.75) is 58.0 Å². The second-order valence-corrected chi connectivity index (χ2v) is 9.85. The summed E-state index contributed by atoms with van der Waals surface area (Å²) in [5.74, 6) is 0.792. The largest absolute Gasteiger partial charge is 0.493 e. The number of carbonyl (C=O) groups excluding carboxylic acids is 2. The van der Waals surface area contributed by atoms with Gasteiger partial charge in [-0.2, -0.15) is 0 Å². The number of likely N-dealkylation sites (tertiary alicyclic amines) is 2. The van der Waals surface area contributed by atoms with E-state index in [2.05, 4.69) is 0 Å². The van der Waals surface area contributed by atoms with Crippen LogP contribution in [0.1, 0.15) is 52.4 Å². The number of ether oxygens (including phenoxy) is 2. The van der Waals surface area contributed by atoms with Crippen molar-refractivity contribution >= 4 is 23.4 Å². The summed E-state index contributed by atoms with van der Waals surface area (Å²) in [5.41, 5.74) is -1.33. The summed E-state index contributed by atoms with van der Waals surface area (Å²) in [7, 11) is 1.55. The van der Waals surface area contributed by atoms with Crippen molar-refractivity contribution in [3.05, 3.63) is 29.3 Å². The number of amides is 2. The lowest BCUT2D eigenvalue weighted by atomic mass is 9.76. The molecule has 172 valence electrons. The van der Waals surface area contributed by atoms with Gasteiger partial charge in [-0.15, -0.1) is 0 Å². The molecule has 2 aliphatic rings. The van der Waals surface area contributed by atoms with Gasteiger partial charge in [0.15, 0.2) is 0 Å². The molecule has 1 atom stereocenters. The van der Waals surface area contributed by atoms with Crippen LogP contribution in [0.3, 0.4) is 0 Å². The zero-order valence-electron chi connectivity index (χ0n) is 19.0. The Hall–Kier alpha value is -1.79. The molecule has 0 radical (unpaired) electrons. The minimum Gasteiger partial charge on any atom is -0.493 e. The molecule has 7 heteroatoms. The van der Waals surface area contributed by atoms with E-state index in [1.165, 1.54) is 6.42 Å². The summed E-state index contributed by atoms with van der Waals surface area (Å²) in [6, 6.07) is 7.30. The van der Waals surface area contributed by atoms with Crippen LogP contribution in [0.15, 0.2) is 24.3 Å². The van der Waals surface area contributed by atoms with Crippen LogP contribution in [0.5, 0.6) is 5.75 Å². The molecule has 2 heterocycles. The molecule has 2 amide bonds. The summed E-state index contributed by atoms with van der Waals surface area (Å²) in [4.78, 5) is 30.1. The van der Waals surface area contributed by atoms with E-state index in [-0.39, 0.29) is 11.8 Å². The van der Waals surface area contributed by atoms with E-state index in [0.29, 0.717) is 36.9 Å². The standard InChI is InChI=1S/C24H35ClN2O4/c1-23(2,30-3)22(29)27-14-8-11-24(17-27,16-21(28)26-12-5-4-6-13-26)18-31-20-10-7-9-19(25)15-20/h7,9-10,15H,4-6,8,11-14,16-18H2,1-3H3/t24-/m1/s1. The summed E-state index contributed by atoms with van der Waals surface area (Å²) in [6.45, 7) is 6.73. The minimum atomic E-state index is -0.895. The Morgan fingerprint density at radius 1 is 1.10 bits per heavy atom. The van der Waals surface area contributed by atoms with E-state index in [1.54, 1.807) is 33.1 Å². The molecule has 0 aromatic heterocycles. The maximum atomic E-state index is 13.2. The first-order valence-corrected chi connectivity index (χ1v) is 11.6. The maximum absolute atomic E-state index is 13.2. The average Bonchev–Trinajstić information content (AvgIpc) is 2.78. The fraction of sp³-hybridized carbons (Fsp3) is 0.667. The van der Waals surface area contributed by atoms with Gasteiger partial charge in [-0.25, -0.2) is 0 Å². The van der Waals surface area contributed by atoms with Crippen LogP contribution in [0, 0.1) is 5.41 Å². The number of benzene rings is 1. The molecule has 3 rings (SSSR count). The molecule has 0 spiro atoms. The number of piperidine rings is 2. The molecule has 31 heavy (non-hydrogen) atoms. The third-order valence-corrected chi connectivity index (χ3v) is 6.79. The van der Waals surface area contributed by atoms with Crippen LogP contribution in [-0.2, 0) is 14.3 Å². The Morgan fingerprint density at radius 3 is 2.48 bits per heavy atom. The SMILES string of the molecule is COC(C)(C)C(=O)N1CCC[C@@](COc2cccc(Cl)c2)(CC(=O)N2CCCCC2)C1. The molecule has 0 aliphatic carbocycles. The molecule has 2 aliphatic heterocycles. The van der Waals surface area contributed by atoms with Gasteiger partial charge < -0.3 is 19.3 Å². The Morgan fingerprint density at radius 2 is 1.81 bits per heavy atom. The Labute approximate surface area is 190 Å². The molecule has 0 bridgehead atoms. The van der Waals surface area contributed by atoms with Gasteiger partial charge in [0.1, 0.15) is 11.4 Å². The van der Waals surface area contributed by atoms with Crippen molar-refractivity contribution in [3.63, 3.8) is 0 Å². The van der Waals surface area contributed by atoms with E-state index in [9.17, 15) is 9.59 Å². The van der Waals surface area contributed by atoms with Crippen LogP contribution >= 0.6 is 11.6 Å². The van der Waals surface area contributed by atoms with E-state index in [0.717, 1.165) is 38.8 Å². The first-order valence-electron chi connectivity index (χ1n) is 11.3. The van der Waals surface area contributed by atoms with E-state index in [1.807, 2.05) is 21.9 Å². The van der Waals surface area contributed by atoms with Gasteiger partial charge in [0, 0.05) is 50.1 Å². The molecule has 2 fully saturated rings. The molecular weight excluding hydrogens is 416 g/mol.